The van der Waals surface area contributed by atoms with Crippen molar-refractivity contribution in [2.75, 3.05) is 5.32 Å². The van der Waals surface area contributed by atoms with Gasteiger partial charge < -0.3 is 10.4 Å². The van der Waals surface area contributed by atoms with Gasteiger partial charge in [-0.1, -0.05) is 29.8 Å². The van der Waals surface area contributed by atoms with Crippen LogP contribution in [0.1, 0.15) is 20.7 Å². The summed E-state index contributed by atoms with van der Waals surface area (Å²) >= 11 is 8.00. The molecule has 0 aromatic heterocycles. The molecule has 0 spiro atoms. The zero-order valence-electron chi connectivity index (χ0n) is 10.1. The number of amides is 1. The van der Waals surface area contributed by atoms with Crippen LogP contribution in [0.3, 0.4) is 0 Å². The number of hydrogen-bond donors (Lipinski definition) is 2. The Morgan fingerprint density at radius 1 is 1.05 bits per heavy atom. The van der Waals surface area contributed by atoms with Crippen LogP contribution in [0.25, 0.3) is 0 Å². The number of nitrogens with one attached hydrogen (secondary N) is 1. The molecule has 4 nitrogen and oxygen atoms in total. The molecule has 0 saturated carbocycles. The molecular weight excluding hydrogens is 393 g/mol. The third-order valence-corrected chi connectivity index (χ3v) is 3.86. The lowest BCUT2D eigenvalue weighted by Crippen LogP contribution is -2.16. The van der Waals surface area contributed by atoms with Crippen molar-refractivity contribution >= 4 is 51.8 Å². The normalized spacial score (nSPS) is 10.1. The van der Waals surface area contributed by atoms with E-state index in [0.717, 1.165) is 3.57 Å². The van der Waals surface area contributed by atoms with Gasteiger partial charge >= 0.3 is 5.97 Å². The number of aromatic carboxylic acids is 1. The fourth-order valence-corrected chi connectivity index (χ4v) is 2.51. The fourth-order valence-electron chi connectivity index (χ4n) is 1.66. The number of carboxylic acid groups (broad SMARTS) is 1. The number of halogens is 2. The Morgan fingerprint density at radius 3 is 2.35 bits per heavy atom. The molecule has 2 N–H and O–H groups in total. The Bertz CT molecular complexity index is 688. The summed E-state index contributed by atoms with van der Waals surface area (Å²) in [6, 6.07) is 11.4. The number of rotatable bonds is 3. The number of carbonyl (C=O) groups is 2. The van der Waals surface area contributed by atoms with Crippen molar-refractivity contribution in [3.8, 4) is 0 Å². The van der Waals surface area contributed by atoms with Crippen molar-refractivity contribution in [1.29, 1.82) is 0 Å². The highest BCUT2D eigenvalue weighted by atomic mass is 127. The lowest BCUT2D eigenvalue weighted by atomic mass is 10.1. The van der Waals surface area contributed by atoms with Crippen LogP contribution in [0.4, 0.5) is 5.69 Å². The third-order valence-electron chi connectivity index (χ3n) is 2.60. The van der Waals surface area contributed by atoms with Gasteiger partial charge in [0.25, 0.3) is 5.91 Å². The Morgan fingerprint density at radius 2 is 1.70 bits per heavy atom. The maximum absolute atomic E-state index is 12.2. The number of benzene rings is 2. The van der Waals surface area contributed by atoms with Crippen LogP contribution in [0.5, 0.6) is 0 Å². The summed E-state index contributed by atoms with van der Waals surface area (Å²) in [5, 5.41) is 11.9. The van der Waals surface area contributed by atoms with Gasteiger partial charge in [-0.05, 0) is 46.9 Å². The van der Waals surface area contributed by atoms with E-state index in [1.165, 1.54) is 18.2 Å². The lowest BCUT2D eigenvalue weighted by molar-refractivity contribution is 0.0698. The van der Waals surface area contributed by atoms with E-state index in [2.05, 4.69) is 5.32 Å². The topological polar surface area (TPSA) is 66.4 Å². The van der Waals surface area contributed by atoms with Gasteiger partial charge in [-0.15, -0.1) is 0 Å². The molecule has 2 aromatic carbocycles. The maximum atomic E-state index is 12.2. The van der Waals surface area contributed by atoms with E-state index >= 15 is 0 Å². The molecule has 0 radical (unpaired) electrons. The molecule has 2 aromatic rings. The molecule has 0 aliphatic rings. The molecule has 0 aliphatic carbocycles. The second-order valence-corrected chi connectivity index (χ2v) is 5.47. The molecule has 0 bridgehead atoms. The molecular formula is C14H9ClINO3. The van der Waals surface area contributed by atoms with E-state index in [9.17, 15) is 9.59 Å². The van der Waals surface area contributed by atoms with E-state index in [-0.39, 0.29) is 16.3 Å². The van der Waals surface area contributed by atoms with Gasteiger partial charge in [-0.3, -0.25) is 4.79 Å². The van der Waals surface area contributed by atoms with Gasteiger partial charge in [0.05, 0.1) is 21.8 Å². The van der Waals surface area contributed by atoms with Crippen LogP contribution in [0.2, 0.25) is 5.02 Å². The zero-order valence-corrected chi connectivity index (χ0v) is 13.0. The van der Waals surface area contributed by atoms with Crippen molar-refractivity contribution in [2.24, 2.45) is 0 Å². The zero-order chi connectivity index (χ0) is 14.7. The monoisotopic (exact) mass is 401 g/mol. The summed E-state index contributed by atoms with van der Waals surface area (Å²) in [6.45, 7) is 0. The first-order valence-electron chi connectivity index (χ1n) is 5.58. The molecule has 0 aliphatic heterocycles. The SMILES string of the molecule is O=C(Nc1c(Cl)cccc1C(=O)O)c1ccccc1I. The van der Waals surface area contributed by atoms with Crippen LogP contribution in [-0.2, 0) is 0 Å². The van der Waals surface area contributed by atoms with E-state index < -0.39 is 11.9 Å². The molecule has 20 heavy (non-hydrogen) atoms. The van der Waals surface area contributed by atoms with Crippen molar-refractivity contribution < 1.29 is 14.7 Å². The summed E-state index contributed by atoms with van der Waals surface area (Å²) in [4.78, 5) is 23.3. The minimum atomic E-state index is -1.15. The number of para-hydroxylation sites is 1. The van der Waals surface area contributed by atoms with Crippen molar-refractivity contribution in [1.82, 2.24) is 0 Å². The molecule has 2 rings (SSSR count). The van der Waals surface area contributed by atoms with E-state index in [1.54, 1.807) is 18.2 Å². The van der Waals surface area contributed by atoms with Gasteiger partial charge in [0, 0.05) is 3.57 Å². The van der Waals surface area contributed by atoms with Gasteiger partial charge in [0.1, 0.15) is 0 Å². The average Bonchev–Trinajstić information content (AvgIpc) is 2.41. The Labute approximate surface area is 133 Å². The van der Waals surface area contributed by atoms with Gasteiger partial charge in [0.15, 0.2) is 0 Å². The lowest BCUT2D eigenvalue weighted by Gasteiger charge is -2.11. The smallest absolute Gasteiger partial charge is 0.337 e. The predicted molar refractivity (Wildman–Crippen MR) is 85.5 cm³/mol. The highest BCUT2D eigenvalue weighted by molar-refractivity contribution is 14.1. The summed E-state index contributed by atoms with van der Waals surface area (Å²) < 4.78 is 0.770. The van der Waals surface area contributed by atoms with E-state index in [0.29, 0.717) is 5.56 Å². The predicted octanol–water partition coefficient (Wildman–Crippen LogP) is 3.90. The van der Waals surface area contributed by atoms with E-state index in [4.69, 9.17) is 16.7 Å². The minimum absolute atomic E-state index is 0.0446. The van der Waals surface area contributed by atoms with Crippen molar-refractivity contribution in [3.63, 3.8) is 0 Å². The summed E-state index contributed by atoms with van der Waals surface area (Å²) in [7, 11) is 0. The van der Waals surface area contributed by atoms with Crippen LogP contribution in [-0.4, -0.2) is 17.0 Å². The first-order valence-corrected chi connectivity index (χ1v) is 7.04. The first kappa shape index (κ1) is 14.8. The molecule has 0 fully saturated rings. The average molecular weight is 402 g/mol. The summed E-state index contributed by atoms with van der Waals surface area (Å²) in [6.07, 6.45) is 0. The molecule has 1 amide bonds. The minimum Gasteiger partial charge on any atom is -0.478 e. The largest absolute Gasteiger partial charge is 0.478 e. The van der Waals surface area contributed by atoms with Crippen LogP contribution >= 0.6 is 34.2 Å². The molecule has 6 heteroatoms. The fraction of sp³-hybridized carbons (Fsp3) is 0. The second-order valence-electron chi connectivity index (χ2n) is 3.90. The first-order chi connectivity index (χ1) is 9.50. The van der Waals surface area contributed by atoms with Crippen molar-refractivity contribution in [3.05, 3.63) is 62.2 Å². The number of carbonyl (C=O) groups excluding carboxylic acids is 1. The van der Waals surface area contributed by atoms with Crippen molar-refractivity contribution in [2.45, 2.75) is 0 Å². The molecule has 0 unspecified atom stereocenters. The van der Waals surface area contributed by atoms with Crippen LogP contribution in [0.15, 0.2) is 42.5 Å². The van der Waals surface area contributed by atoms with Crippen LogP contribution in [0, 0.1) is 3.57 Å². The van der Waals surface area contributed by atoms with E-state index in [1.807, 2.05) is 28.7 Å². The molecule has 102 valence electrons. The third kappa shape index (κ3) is 3.10. The Balaban J connectivity index is 2.38. The summed E-state index contributed by atoms with van der Waals surface area (Å²) in [5.74, 6) is -1.55. The quantitative estimate of drug-likeness (QED) is 0.767. The number of hydrogen-bond acceptors (Lipinski definition) is 2. The van der Waals surface area contributed by atoms with Gasteiger partial charge in [-0.25, -0.2) is 4.79 Å². The number of anilines is 1. The Hall–Kier alpha value is -1.60. The van der Waals surface area contributed by atoms with Gasteiger partial charge in [-0.2, -0.15) is 0 Å². The highest BCUT2D eigenvalue weighted by Crippen LogP contribution is 2.27. The Kier molecular flexibility index (Phi) is 4.61. The highest BCUT2D eigenvalue weighted by Gasteiger charge is 2.17. The summed E-state index contributed by atoms with van der Waals surface area (Å²) in [5.41, 5.74) is 0.521. The molecule has 0 atom stereocenters. The molecule has 0 saturated heterocycles. The number of carboxylic acids is 1. The maximum Gasteiger partial charge on any atom is 0.337 e. The molecule has 0 heterocycles. The van der Waals surface area contributed by atoms with Crippen LogP contribution < -0.4 is 5.32 Å². The second kappa shape index (κ2) is 6.23. The van der Waals surface area contributed by atoms with Gasteiger partial charge in [0.2, 0.25) is 0 Å². The standard InChI is InChI=1S/C14H9ClINO3/c15-10-6-3-5-9(14(19)20)12(10)17-13(18)8-4-1-2-7-11(8)16/h1-7H,(H,17,18)(H,19,20).